The van der Waals surface area contributed by atoms with E-state index < -0.39 is 23.0 Å². The van der Waals surface area contributed by atoms with Gasteiger partial charge in [0.05, 0.1) is 23.8 Å². The lowest BCUT2D eigenvalue weighted by atomic mass is 9.57. The number of fused-ring (bicyclic) bond motifs is 3. The van der Waals surface area contributed by atoms with Crippen molar-refractivity contribution < 1.29 is 19.4 Å². The Balaban J connectivity index is 1.33. The first-order valence-corrected chi connectivity index (χ1v) is 9.91. The van der Waals surface area contributed by atoms with Crippen LogP contribution in [0.25, 0.3) is 0 Å². The largest absolute Gasteiger partial charge is 0.481 e. The number of nitrogens with zero attached hydrogens (tertiary/aromatic N) is 2. The molecule has 9 nitrogen and oxygen atoms in total. The maximum Gasteiger partial charge on any atom is 0.407 e. The highest BCUT2D eigenvalue weighted by molar-refractivity contribution is 6.33. The fourth-order valence-electron chi connectivity index (χ4n) is 4.73. The van der Waals surface area contributed by atoms with E-state index in [1.54, 1.807) is 0 Å². The van der Waals surface area contributed by atoms with E-state index in [9.17, 15) is 19.5 Å². The summed E-state index contributed by atoms with van der Waals surface area (Å²) >= 11 is 6.04. The molecule has 3 N–H and O–H groups in total. The number of hydrogen-bond acceptors (Lipinski definition) is 6. The van der Waals surface area contributed by atoms with Crippen molar-refractivity contribution >= 4 is 29.4 Å². The van der Waals surface area contributed by atoms with Gasteiger partial charge in [0.15, 0.2) is 0 Å². The second-order valence-corrected chi connectivity index (χ2v) is 8.53. The Hall–Kier alpha value is -2.29. The molecule has 152 valence electrons. The summed E-state index contributed by atoms with van der Waals surface area (Å²) in [4.78, 5) is 37.5. The van der Waals surface area contributed by atoms with Crippen molar-refractivity contribution in [1.82, 2.24) is 15.5 Å². The van der Waals surface area contributed by atoms with Crippen LogP contribution >= 0.6 is 11.6 Å². The highest BCUT2D eigenvalue weighted by Gasteiger charge is 2.53. The van der Waals surface area contributed by atoms with E-state index in [-0.39, 0.29) is 16.7 Å². The van der Waals surface area contributed by atoms with Crippen LogP contribution in [0, 0.1) is 5.41 Å². The second kappa shape index (κ2) is 6.95. The summed E-state index contributed by atoms with van der Waals surface area (Å²) in [6, 6.07) is 0. The zero-order valence-electron chi connectivity index (χ0n) is 15.4. The molecule has 1 atom stereocenters. The molecule has 2 heterocycles. The van der Waals surface area contributed by atoms with Crippen LogP contribution in [0.5, 0.6) is 0 Å². The number of aromatic nitrogens is 2. The maximum absolute atomic E-state index is 12.5. The fraction of sp³-hybridized carbons (Fsp3) is 0.667. The summed E-state index contributed by atoms with van der Waals surface area (Å²) in [6.07, 6.45) is 5.12. The number of amides is 1. The fourth-order valence-corrected chi connectivity index (χ4v) is 4.94. The molecule has 1 amide bonds. The van der Waals surface area contributed by atoms with Crippen LogP contribution in [0.2, 0.25) is 5.02 Å². The number of H-pyrrole nitrogens is 1. The van der Waals surface area contributed by atoms with Gasteiger partial charge in [0.1, 0.15) is 11.1 Å². The van der Waals surface area contributed by atoms with Crippen molar-refractivity contribution in [2.45, 2.75) is 56.6 Å². The van der Waals surface area contributed by atoms with Gasteiger partial charge in [-0.25, -0.2) is 9.89 Å². The number of rotatable bonds is 4. The molecule has 0 spiro atoms. The quantitative estimate of drug-likeness (QED) is 0.692. The first kappa shape index (κ1) is 19.0. The molecule has 4 fully saturated rings. The normalized spacial score (nSPS) is 31.6. The van der Waals surface area contributed by atoms with Gasteiger partial charge >= 0.3 is 12.1 Å². The first-order valence-electron chi connectivity index (χ1n) is 9.53. The smallest absolute Gasteiger partial charge is 0.407 e. The third-order valence-corrected chi connectivity index (χ3v) is 6.97. The Bertz CT molecular complexity index is 832. The summed E-state index contributed by atoms with van der Waals surface area (Å²) < 4.78 is 5.60. The number of ether oxygens (including phenoxy) is 1. The van der Waals surface area contributed by atoms with E-state index >= 15 is 0 Å². The van der Waals surface area contributed by atoms with Gasteiger partial charge in [-0.05, 0) is 38.5 Å². The van der Waals surface area contributed by atoms with E-state index in [0.29, 0.717) is 63.7 Å². The van der Waals surface area contributed by atoms with Crippen molar-refractivity contribution in [2.75, 3.05) is 18.0 Å². The van der Waals surface area contributed by atoms with Gasteiger partial charge in [0, 0.05) is 18.5 Å². The van der Waals surface area contributed by atoms with E-state index in [4.69, 9.17) is 16.3 Å². The minimum Gasteiger partial charge on any atom is -0.481 e. The summed E-state index contributed by atoms with van der Waals surface area (Å²) in [5.41, 5.74) is -0.889. The molecule has 5 rings (SSSR count). The number of aliphatic carboxylic acids is 1. The molecule has 1 aromatic heterocycles. The topological polar surface area (TPSA) is 125 Å². The number of alkyl carbamates (subject to hydrolysis) is 1. The van der Waals surface area contributed by atoms with Gasteiger partial charge in [-0.3, -0.25) is 9.59 Å². The zero-order valence-corrected chi connectivity index (χ0v) is 16.1. The van der Waals surface area contributed by atoms with Gasteiger partial charge in [0.2, 0.25) is 0 Å². The van der Waals surface area contributed by atoms with Crippen LogP contribution in [0.1, 0.15) is 44.9 Å². The molecule has 4 aliphatic rings. The van der Waals surface area contributed by atoms with Gasteiger partial charge in [0.25, 0.3) is 5.56 Å². The molecular weight excluding hydrogens is 388 g/mol. The van der Waals surface area contributed by atoms with Crippen molar-refractivity contribution in [3.05, 3.63) is 21.6 Å². The number of anilines is 1. The summed E-state index contributed by atoms with van der Waals surface area (Å²) in [6.45, 7) is 1.04. The molecule has 2 bridgehead atoms. The molecule has 1 aliphatic heterocycles. The summed E-state index contributed by atoms with van der Waals surface area (Å²) in [5.74, 6) is -0.720. The predicted octanol–water partition coefficient (Wildman–Crippen LogP) is 1.91. The second-order valence-electron chi connectivity index (χ2n) is 8.15. The molecule has 10 heteroatoms. The van der Waals surface area contributed by atoms with E-state index in [1.165, 1.54) is 6.20 Å². The van der Waals surface area contributed by atoms with Crippen LogP contribution in [-0.4, -0.2) is 52.1 Å². The van der Waals surface area contributed by atoms with E-state index in [1.807, 2.05) is 4.90 Å². The number of carbonyl (C=O) groups is 2. The van der Waals surface area contributed by atoms with Crippen LogP contribution < -0.4 is 15.8 Å². The number of nitrogens with one attached hydrogen (secondary N) is 2. The lowest BCUT2D eigenvalue weighted by molar-refractivity contribution is -0.156. The minimum absolute atomic E-state index is 0.0744. The van der Waals surface area contributed by atoms with E-state index in [0.717, 1.165) is 0 Å². The van der Waals surface area contributed by atoms with Gasteiger partial charge in [-0.1, -0.05) is 11.6 Å². The molecule has 3 aliphatic carbocycles. The Labute approximate surface area is 166 Å². The molecule has 28 heavy (non-hydrogen) atoms. The third-order valence-electron chi connectivity index (χ3n) is 6.60. The maximum atomic E-state index is 12.5. The minimum atomic E-state index is -0.720. The number of carbonyl (C=O) groups excluding carboxylic acids is 1. The lowest BCUT2D eigenvalue weighted by Crippen LogP contribution is -2.58. The zero-order chi connectivity index (χ0) is 19.9. The summed E-state index contributed by atoms with van der Waals surface area (Å²) in [7, 11) is 0. The van der Waals surface area contributed by atoms with Crippen molar-refractivity contribution in [3.63, 3.8) is 0 Å². The highest BCUT2D eigenvalue weighted by Crippen LogP contribution is 2.52. The average molecular weight is 411 g/mol. The molecule has 1 unspecified atom stereocenters. The molecule has 3 saturated carbocycles. The van der Waals surface area contributed by atoms with Crippen molar-refractivity contribution in [1.29, 1.82) is 0 Å². The average Bonchev–Trinajstić information content (AvgIpc) is 3.13. The highest BCUT2D eigenvalue weighted by atomic mass is 35.5. The van der Waals surface area contributed by atoms with Gasteiger partial charge in [-0.15, -0.1) is 0 Å². The SMILES string of the molecule is O=C(NC12CCC(C(=O)O)(CC1)CC2)OC1CCN(c2cn[nH]c(=O)c2Cl)C1. The predicted molar refractivity (Wildman–Crippen MR) is 101 cm³/mol. The van der Waals surface area contributed by atoms with Crippen LogP contribution in [0.3, 0.4) is 0 Å². The van der Waals surface area contributed by atoms with Crippen molar-refractivity contribution in [3.8, 4) is 0 Å². The molecule has 0 radical (unpaired) electrons. The Morgan fingerprint density at radius 1 is 1.29 bits per heavy atom. The molecule has 0 aromatic carbocycles. The number of aromatic amines is 1. The molecular formula is C18H23ClN4O5. The number of carboxylic acid groups (broad SMARTS) is 1. The van der Waals surface area contributed by atoms with Gasteiger partial charge in [-0.2, -0.15) is 5.10 Å². The number of halogens is 1. The molecule has 1 saturated heterocycles. The summed E-state index contributed by atoms with van der Waals surface area (Å²) in [5, 5.41) is 18.6. The Morgan fingerprint density at radius 2 is 1.96 bits per heavy atom. The Morgan fingerprint density at radius 3 is 2.61 bits per heavy atom. The van der Waals surface area contributed by atoms with Crippen LogP contribution in [-0.2, 0) is 9.53 Å². The number of hydrogen-bond donors (Lipinski definition) is 3. The third kappa shape index (κ3) is 3.32. The first-order chi connectivity index (χ1) is 13.3. The standard InChI is InChI=1S/C18H23ClN4O5/c19-13-12(9-20-22-14(13)24)23-8-1-11(10-23)28-16(27)21-18-5-2-17(3-6-18,4-7-18)15(25)26/h9,11H,1-8,10H2,(H,21,27)(H,22,24)(H,25,26). The molecule has 1 aromatic rings. The van der Waals surface area contributed by atoms with Crippen LogP contribution in [0.15, 0.2) is 11.0 Å². The monoisotopic (exact) mass is 410 g/mol. The number of carboxylic acids is 1. The van der Waals surface area contributed by atoms with Gasteiger partial charge < -0.3 is 20.1 Å². The van der Waals surface area contributed by atoms with E-state index in [2.05, 4.69) is 15.5 Å². The lowest BCUT2D eigenvalue weighted by Gasteiger charge is -2.51. The Kier molecular flexibility index (Phi) is 4.73. The van der Waals surface area contributed by atoms with Crippen molar-refractivity contribution in [2.24, 2.45) is 5.41 Å². The van der Waals surface area contributed by atoms with Crippen LogP contribution in [0.4, 0.5) is 10.5 Å².